The number of aliphatic hydroxyl groups is 1. The van der Waals surface area contributed by atoms with Gasteiger partial charge in [-0.1, -0.05) is 32.6 Å². The van der Waals surface area contributed by atoms with Crippen molar-refractivity contribution >= 4 is 0 Å². The van der Waals surface area contributed by atoms with Crippen LogP contribution < -0.4 is 0 Å². The summed E-state index contributed by atoms with van der Waals surface area (Å²) in [6.07, 6.45) is 6.90. The van der Waals surface area contributed by atoms with Gasteiger partial charge < -0.3 is 14.6 Å². The summed E-state index contributed by atoms with van der Waals surface area (Å²) in [5.74, 6) is 0. The molecule has 0 radical (unpaired) electrons. The number of hydrogen-bond acceptors (Lipinski definition) is 3. The van der Waals surface area contributed by atoms with E-state index in [1.54, 1.807) is 7.11 Å². The van der Waals surface area contributed by atoms with Gasteiger partial charge in [0.1, 0.15) is 6.10 Å². The molecular weight excluding hydrogens is 204 g/mol. The molecule has 0 heterocycles. The lowest BCUT2D eigenvalue weighted by Gasteiger charge is -2.41. The lowest BCUT2D eigenvalue weighted by atomic mass is 9.88. The molecule has 16 heavy (non-hydrogen) atoms. The van der Waals surface area contributed by atoms with Crippen LogP contribution in [0.3, 0.4) is 0 Å². The van der Waals surface area contributed by atoms with Crippen LogP contribution in [0.1, 0.15) is 52.4 Å². The van der Waals surface area contributed by atoms with Crippen LogP contribution in [0.2, 0.25) is 0 Å². The normalized spacial score (nSPS) is 31.1. The fraction of sp³-hybridized carbons (Fsp3) is 1.00. The van der Waals surface area contributed by atoms with Crippen LogP contribution in [0.25, 0.3) is 0 Å². The molecule has 1 fully saturated rings. The molecule has 0 bridgehead atoms. The van der Waals surface area contributed by atoms with Crippen LogP contribution >= 0.6 is 0 Å². The SMILES string of the molecule is CCCCCCC(C)OC1CC(O)C1OC. The molecule has 4 atom stereocenters. The van der Waals surface area contributed by atoms with Gasteiger partial charge in [-0.25, -0.2) is 0 Å². The summed E-state index contributed by atoms with van der Waals surface area (Å²) in [7, 11) is 1.63. The highest BCUT2D eigenvalue weighted by molar-refractivity contribution is 4.92. The van der Waals surface area contributed by atoms with Gasteiger partial charge >= 0.3 is 0 Å². The van der Waals surface area contributed by atoms with E-state index < -0.39 is 0 Å². The first kappa shape index (κ1) is 13.9. The standard InChI is InChI=1S/C13H26O3/c1-4-5-6-7-8-10(2)16-12-9-11(14)13(12)15-3/h10-14H,4-9H2,1-3H3. The molecule has 0 aliphatic heterocycles. The van der Waals surface area contributed by atoms with Crippen LogP contribution in [-0.4, -0.2) is 36.6 Å². The van der Waals surface area contributed by atoms with E-state index in [9.17, 15) is 5.11 Å². The van der Waals surface area contributed by atoms with Gasteiger partial charge in [0.2, 0.25) is 0 Å². The van der Waals surface area contributed by atoms with Crippen molar-refractivity contribution in [3.8, 4) is 0 Å². The number of unbranched alkanes of at least 4 members (excludes halogenated alkanes) is 3. The Labute approximate surface area is 99.1 Å². The summed E-state index contributed by atoms with van der Waals surface area (Å²) in [5, 5.41) is 9.43. The van der Waals surface area contributed by atoms with E-state index in [1.807, 2.05) is 0 Å². The summed E-state index contributed by atoms with van der Waals surface area (Å²) in [4.78, 5) is 0. The smallest absolute Gasteiger partial charge is 0.109 e. The van der Waals surface area contributed by atoms with Gasteiger partial charge in [0.25, 0.3) is 0 Å². The highest BCUT2D eigenvalue weighted by Crippen LogP contribution is 2.28. The Morgan fingerprint density at radius 1 is 1.31 bits per heavy atom. The predicted molar refractivity (Wildman–Crippen MR) is 64.5 cm³/mol. The van der Waals surface area contributed by atoms with E-state index in [0.717, 1.165) is 12.8 Å². The average Bonchev–Trinajstić information content (AvgIpc) is 2.24. The number of ether oxygens (including phenoxy) is 2. The topological polar surface area (TPSA) is 38.7 Å². The molecule has 0 aromatic carbocycles. The third-order valence-corrected chi connectivity index (χ3v) is 3.36. The van der Waals surface area contributed by atoms with Crippen molar-refractivity contribution in [1.82, 2.24) is 0 Å². The molecule has 3 heteroatoms. The van der Waals surface area contributed by atoms with Crippen LogP contribution in [0, 0.1) is 0 Å². The highest BCUT2D eigenvalue weighted by atomic mass is 16.6. The van der Waals surface area contributed by atoms with Gasteiger partial charge in [-0.2, -0.15) is 0 Å². The van der Waals surface area contributed by atoms with Crippen LogP contribution in [0.5, 0.6) is 0 Å². The molecule has 0 aromatic rings. The van der Waals surface area contributed by atoms with Gasteiger partial charge in [0, 0.05) is 13.5 Å². The maximum Gasteiger partial charge on any atom is 0.109 e. The average molecular weight is 230 g/mol. The lowest BCUT2D eigenvalue weighted by molar-refractivity contribution is -0.196. The van der Waals surface area contributed by atoms with Crippen LogP contribution in [-0.2, 0) is 9.47 Å². The predicted octanol–water partition coefficient (Wildman–Crippen LogP) is 2.51. The second-order valence-electron chi connectivity index (χ2n) is 4.84. The fourth-order valence-electron chi connectivity index (χ4n) is 2.23. The second kappa shape index (κ2) is 7.25. The Bertz CT molecular complexity index is 184. The van der Waals surface area contributed by atoms with Crippen molar-refractivity contribution in [2.75, 3.05) is 7.11 Å². The van der Waals surface area contributed by atoms with E-state index in [-0.39, 0.29) is 24.4 Å². The zero-order chi connectivity index (χ0) is 12.0. The lowest BCUT2D eigenvalue weighted by Crippen LogP contribution is -2.54. The molecule has 1 N–H and O–H groups in total. The van der Waals surface area contributed by atoms with Crippen LogP contribution in [0.4, 0.5) is 0 Å². The van der Waals surface area contributed by atoms with Crippen molar-refractivity contribution in [3.05, 3.63) is 0 Å². The molecule has 3 nitrogen and oxygen atoms in total. The van der Waals surface area contributed by atoms with E-state index in [1.165, 1.54) is 25.7 Å². The number of hydrogen-bond donors (Lipinski definition) is 1. The Morgan fingerprint density at radius 2 is 2.06 bits per heavy atom. The maximum atomic E-state index is 9.43. The summed E-state index contributed by atoms with van der Waals surface area (Å²) in [5.41, 5.74) is 0. The minimum absolute atomic E-state index is 0.0983. The minimum atomic E-state index is -0.331. The van der Waals surface area contributed by atoms with E-state index in [4.69, 9.17) is 9.47 Å². The second-order valence-corrected chi connectivity index (χ2v) is 4.84. The van der Waals surface area contributed by atoms with Gasteiger partial charge in [0.15, 0.2) is 0 Å². The minimum Gasteiger partial charge on any atom is -0.390 e. The molecule has 0 spiro atoms. The Balaban J connectivity index is 2.07. The molecule has 1 rings (SSSR count). The first-order valence-corrected chi connectivity index (χ1v) is 6.55. The number of methoxy groups -OCH3 is 1. The molecule has 0 aromatic heterocycles. The fourth-order valence-corrected chi connectivity index (χ4v) is 2.23. The Kier molecular flexibility index (Phi) is 6.32. The molecule has 1 saturated carbocycles. The first-order valence-electron chi connectivity index (χ1n) is 6.55. The third kappa shape index (κ3) is 4.04. The number of aliphatic hydroxyl groups excluding tert-OH is 1. The molecule has 4 unspecified atom stereocenters. The molecular formula is C13H26O3. The molecule has 96 valence electrons. The Hall–Kier alpha value is -0.120. The van der Waals surface area contributed by atoms with E-state index in [2.05, 4.69) is 13.8 Å². The van der Waals surface area contributed by atoms with Crippen molar-refractivity contribution in [1.29, 1.82) is 0 Å². The highest BCUT2D eigenvalue weighted by Gasteiger charge is 2.41. The number of rotatable bonds is 8. The molecule has 0 amide bonds. The van der Waals surface area contributed by atoms with Crippen molar-refractivity contribution < 1.29 is 14.6 Å². The van der Waals surface area contributed by atoms with E-state index in [0.29, 0.717) is 0 Å². The van der Waals surface area contributed by atoms with Crippen LogP contribution in [0.15, 0.2) is 0 Å². The quantitative estimate of drug-likeness (QED) is 0.651. The van der Waals surface area contributed by atoms with Crippen molar-refractivity contribution in [2.45, 2.75) is 76.8 Å². The van der Waals surface area contributed by atoms with Gasteiger partial charge in [-0.15, -0.1) is 0 Å². The van der Waals surface area contributed by atoms with Gasteiger partial charge in [-0.3, -0.25) is 0 Å². The Morgan fingerprint density at radius 3 is 2.62 bits per heavy atom. The maximum absolute atomic E-state index is 9.43. The zero-order valence-electron chi connectivity index (χ0n) is 10.8. The monoisotopic (exact) mass is 230 g/mol. The van der Waals surface area contributed by atoms with Crippen molar-refractivity contribution in [2.24, 2.45) is 0 Å². The van der Waals surface area contributed by atoms with Gasteiger partial charge in [0.05, 0.1) is 18.3 Å². The summed E-state index contributed by atoms with van der Waals surface area (Å²) < 4.78 is 11.0. The summed E-state index contributed by atoms with van der Waals surface area (Å²) in [6.45, 7) is 4.34. The zero-order valence-corrected chi connectivity index (χ0v) is 10.8. The van der Waals surface area contributed by atoms with Crippen molar-refractivity contribution in [3.63, 3.8) is 0 Å². The largest absolute Gasteiger partial charge is 0.390 e. The van der Waals surface area contributed by atoms with E-state index >= 15 is 0 Å². The first-order chi connectivity index (χ1) is 7.69. The molecule has 0 saturated heterocycles. The van der Waals surface area contributed by atoms with Gasteiger partial charge in [-0.05, 0) is 13.3 Å². The summed E-state index contributed by atoms with van der Waals surface area (Å²) in [6, 6.07) is 0. The summed E-state index contributed by atoms with van der Waals surface area (Å²) >= 11 is 0. The third-order valence-electron chi connectivity index (χ3n) is 3.36. The molecule has 1 aliphatic rings. The molecule has 1 aliphatic carbocycles.